The van der Waals surface area contributed by atoms with Crippen molar-refractivity contribution in [2.24, 2.45) is 5.92 Å². The fourth-order valence-electron chi connectivity index (χ4n) is 2.97. The van der Waals surface area contributed by atoms with Crippen molar-refractivity contribution in [2.45, 2.75) is 32.3 Å². The molecule has 2 aliphatic rings. The predicted molar refractivity (Wildman–Crippen MR) is 79.0 cm³/mol. The highest BCUT2D eigenvalue weighted by Gasteiger charge is 2.30. The molecule has 3 rings (SSSR count). The molecule has 2 atom stereocenters. The number of β-amino-alcohol motifs (C(OH)–C–C–N with tert-alkyl or cyclic N) is 1. The Morgan fingerprint density at radius 3 is 2.91 bits per heavy atom. The van der Waals surface area contributed by atoms with Gasteiger partial charge in [-0.3, -0.25) is 9.59 Å². The van der Waals surface area contributed by atoms with Crippen LogP contribution in [0.15, 0.2) is 12.1 Å². The lowest BCUT2D eigenvalue weighted by molar-refractivity contribution is -0.116. The Kier molecular flexibility index (Phi) is 3.87. The van der Waals surface area contributed by atoms with Crippen molar-refractivity contribution in [1.82, 2.24) is 4.90 Å². The fourth-order valence-corrected chi connectivity index (χ4v) is 2.97. The summed E-state index contributed by atoms with van der Waals surface area (Å²) in [5, 5.41) is 12.5. The van der Waals surface area contributed by atoms with Crippen LogP contribution in [0.3, 0.4) is 0 Å². The first kappa shape index (κ1) is 15.0. The molecule has 1 aromatic carbocycles. The number of piperidine rings is 1. The second-order valence-electron chi connectivity index (χ2n) is 6.12. The molecule has 5 nitrogen and oxygen atoms in total. The van der Waals surface area contributed by atoms with Crippen LogP contribution >= 0.6 is 0 Å². The average molecular weight is 306 g/mol. The minimum atomic E-state index is -0.640. The molecule has 0 aromatic heterocycles. The molecule has 2 amide bonds. The van der Waals surface area contributed by atoms with Gasteiger partial charge in [0, 0.05) is 25.2 Å². The van der Waals surface area contributed by atoms with Gasteiger partial charge in [0.25, 0.3) is 5.91 Å². The lowest BCUT2D eigenvalue weighted by Crippen LogP contribution is -2.46. The van der Waals surface area contributed by atoms with Crippen LogP contribution in [-0.2, 0) is 11.2 Å². The number of benzene rings is 1. The Morgan fingerprint density at radius 2 is 2.18 bits per heavy atom. The van der Waals surface area contributed by atoms with Crippen LogP contribution in [0, 0.1) is 11.7 Å². The molecule has 0 bridgehead atoms. The quantitative estimate of drug-likeness (QED) is 0.827. The van der Waals surface area contributed by atoms with Gasteiger partial charge in [0.2, 0.25) is 5.91 Å². The number of anilines is 1. The van der Waals surface area contributed by atoms with E-state index in [4.69, 9.17) is 0 Å². The van der Waals surface area contributed by atoms with E-state index in [0.717, 1.165) is 5.56 Å². The van der Waals surface area contributed by atoms with Crippen LogP contribution in [0.25, 0.3) is 0 Å². The average Bonchev–Trinajstić information content (AvgIpc) is 2.48. The minimum Gasteiger partial charge on any atom is -0.391 e. The summed E-state index contributed by atoms with van der Waals surface area (Å²) in [7, 11) is 0. The number of aryl methyl sites for hydroxylation is 1. The van der Waals surface area contributed by atoms with Gasteiger partial charge in [-0.1, -0.05) is 6.92 Å². The molecular formula is C16H19FN2O3. The molecule has 2 aliphatic heterocycles. The number of nitrogens with zero attached hydrogens (tertiary/aromatic N) is 1. The highest BCUT2D eigenvalue weighted by molar-refractivity contribution is 5.98. The second kappa shape index (κ2) is 5.68. The largest absolute Gasteiger partial charge is 0.391 e. The molecule has 1 saturated heterocycles. The molecule has 2 heterocycles. The summed E-state index contributed by atoms with van der Waals surface area (Å²) in [5.41, 5.74) is 1.23. The van der Waals surface area contributed by atoms with E-state index in [0.29, 0.717) is 31.5 Å². The number of hydrogen-bond acceptors (Lipinski definition) is 3. The lowest BCUT2D eigenvalue weighted by atomic mass is 9.94. The maximum Gasteiger partial charge on any atom is 0.256 e. The third-order valence-electron chi connectivity index (χ3n) is 4.52. The number of nitrogens with one attached hydrogen (secondary N) is 1. The number of hydrogen-bond donors (Lipinski definition) is 2. The summed E-state index contributed by atoms with van der Waals surface area (Å²) < 4.78 is 14.2. The standard InChI is InChI=1S/C16H19FN2O3/c1-9-4-5-19(8-14(9)20)16(22)11-6-10-2-3-15(21)18-13(10)7-12(11)17/h6-7,9,14,20H,2-5,8H2,1H3,(H,18,21). The Hall–Kier alpha value is -1.95. The van der Waals surface area contributed by atoms with Crippen LogP contribution in [0.1, 0.15) is 35.7 Å². The molecule has 0 radical (unpaired) electrons. The molecule has 2 unspecified atom stereocenters. The zero-order valence-corrected chi connectivity index (χ0v) is 12.4. The number of aliphatic hydroxyl groups is 1. The Morgan fingerprint density at radius 1 is 1.41 bits per heavy atom. The van der Waals surface area contributed by atoms with Crippen molar-refractivity contribution in [1.29, 1.82) is 0 Å². The molecule has 0 spiro atoms. The first-order chi connectivity index (χ1) is 10.5. The number of fused-ring (bicyclic) bond motifs is 1. The van der Waals surface area contributed by atoms with Crippen molar-refractivity contribution < 1.29 is 19.1 Å². The van der Waals surface area contributed by atoms with Crippen LogP contribution in [-0.4, -0.2) is 41.0 Å². The molecule has 6 heteroatoms. The van der Waals surface area contributed by atoms with E-state index in [2.05, 4.69) is 5.32 Å². The summed E-state index contributed by atoms with van der Waals surface area (Å²) in [4.78, 5) is 25.3. The van der Waals surface area contributed by atoms with E-state index >= 15 is 0 Å². The predicted octanol–water partition coefficient (Wildman–Crippen LogP) is 1.55. The van der Waals surface area contributed by atoms with Gasteiger partial charge in [-0.25, -0.2) is 4.39 Å². The van der Waals surface area contributed by atoms with Crippen LogP contribution in [0.4, 0.5) is 10.1 Å². The lowest BCUT2D eigenvalue weighted by Gasteiger charge is -2.34. The van der Waals surface area contributed by atoms with E-state index in [1.807, 2.05) is 6.92 Å². The summed E-state index contributed by atoms with van der Waals surface area (Å²) in [5.74, 6) is -1.03. The van der Waals surface area contributed by atoms with Gasteiger partial charge < -0.3 is 15.3 Å². The molecular weight excluding hydrogens is 287 g/mol. The second-order valence-corrected chi connectivity index (χ2v) is 6.12. The minimum absolute atomic E-state index is 0.0108. The van der Waals surface area contributed by atoms with E-state index in [-0.39, 0.29) is 23.9 Å². The summed E-state index contributed by atoms with van der Waals surface area (Å²) in [6, 6.07) is 2.74. The van der Waals surface area contributed by atoms with Crippen molar-refractivity contribution in [2.75, 3.05) is 18.4 Å². The van der Waals surface area contributed by atoms with Crippen molar-refractivity contribution >= 4 is 17.5 Å². The fraction of sp³-hybridized carbons (Fsp3) is 0.500. The normalized spacial score (nSPS) is 24.7. The zero-order valence-electron chi connectivity index (χ0n) is 12.4. The van der Waals surface area contributed by atoms with Crippen molar-refractivity contribution in [3.05, 3.63) is 29.1 Å². The molecule has 0 saturated carbocycles. The van der Waals surface area contributed by atoms with Gasteiger partial charge >= 0.3 is 0 Å². The van der Waals surface area contributed by atoms with Gasteiger partial charge in [-0.2, -0.15) is 0 Å². The van der Waals surface area contributed by atoms with E-state index in [9.17, 15) is 19.1 Å². The topological polar surface area (TPSA) is 69.6 Å². The molecule has 118 valence electrons. The maximum atomic E-state index is 14.2. The number of carbonyl (C=O) groups is 2. The Balaban J connectivity index is 1.85. The number of rotatable bonds is 1. The van der Waals surface area contributed by atoms with E-state index < -0.39 is 17.8 Å². The SMILES string of the molecule is CC1CCN(C(=O)c2cc3c(cc2F)NC(=O)CC3)CC1O. The Bertz CT molecular complexity index is 632. The number of amides is 2. The third-order valence-corrected chi connectivity index (χ3v) is 4.52. The summed E-state index contributed by atoms with van der Waals surface area (Å²) in [6.07, 6.45) is 0.973. The number of carbonyl (C=O) groups excluding carboxylic acids is 2. The first-order valence-electron chi connectivity index (χ1n) is 7.55. The van der Waals surface area contributed by atoms with Crippen molar-refractivity contribution in [3.63, 3.8) is 0 Å². The first-order valence-corrected chi connectivity index (χ1v) is 7.55. The zero-order chi connectivity index (χ0) is 15.9. The third kappa shape index (κ3) is 2.70. The van der Waals surface area contributed by atoms with Gasteiger partial charge in [-0.05, 0) is 36.5 Å². The maximum absolute atomic E-state index is 14.2. The molecule has 2 N–H and O–H groups in total. The number of likely N-dealkylation sites (tertiary alicyclic amines) is 1. The summed E-state index contributed by atoms with van der Waals surface area (Å²) in [6.45, 7) is 2.69. The van der Waals surface area contributed by atoms with Crippen LogP contribution < -0.4 is 5.32 Å². The molecule has 0 aliphatic carbocycles. The van der Waals surface area contributed by atoms with Gasteiger partial charge in [0.1, 0.15) is 5.82 Å². The summed E-state index contributed by atoms with van der Waals surface area (Å²) >= 11 is 0. The number of halogens is 1. The Labute approximate surface area is 128 Å². The molecule has 1 aromatic rings. The van der Waals surface area contributed by atoms with E-state index in [1.54, 1.807) is 0 Å². The van der Waals surface area contributed by atoms with Crippen LogP contribution in [0.2, 0.25) is 0 Å². The van der Waals surface area contributed by atoms with E-state index in [1.165, 1.54) is 17.0 Å². The van der Waals surface area contributed by atoms with Gasteiger partial charge in [-0.15, -0.1) is 0 Å². The van der Waals surface area contributed by atoms with Crippen LogP contribution in [0.5, 0.6) is 0 Å². The number of aliphatic hydroxyl groups excluding tert-OH is 1. The smallest absolute Gasteiger partial charge is 0.256 e. The van der Waals surface area contributed by atoms with Crippen molar-refractivity contribution in [3.8, 4) is 0 Å². The molecule has 1 fully saturated rings. The van der Waals surface area contributed by atoms with Gasteiger partial charge in [0.15, 0.2) is 0 Å². The van der Waals surface area contributed by atoms with Gasteiger partial charge in [0.05, 0.1) is 11.7 Å². The molecule has 22 heavy (non-hydrogen) atoms. The highest BCUT2D eigenvalue weighted by atomic mass is 19.1. The monoisotopic (exact) mass is 306 g/mol. The highest BCUT2D eigenvalue weighted by Crippen LogP contribution is 2.27.